The van der Waals surface area contributed by atoms with Gasteiger partial charge in [0.15, 0.2) is 5.65 Å². The standard InChI is InChI=1S/C12H15N3S/c1-9-3-2-5-15-11(13-14-12(9)15)7-10-4-6-16-8-10/h2-3,5,10H,4,6-8H2,1H3. The van der Waals surface area contributed by atoms with Crippen LogP contribution in [0, 0.1) is 12.8 Å². The molecular formula is C12H15N3S. The second kappa shape index (κ2) is 4.09. The highest BCUT2D eigenvalue weighted by atomic mass is 32.2. The second-order valence-corrected chi connectivity index (χ2v) is 5.58. The molecule has 0 aliphatic carbocycles. The molecule has 0 aromatic carbocycles. The van der Waals surface area contributed by atoms with Gasteiger partial charge < -0.3 is 0 Å². The van der Waals surface area contributed by atoms with Crippen LogP contribution in [0.1, 0.15) is 17.8 Å². The van der Waals surface area contributed by atoms with Gasteiger partial charge in [-0.15, -0.1) is 10.2 Å². The molecule has 0 bridgehead atoms. The lowest BCUT2D eigenvalue weighted by molar-refractivity contribution is 0.572. The molecule has 1 aliphatic heterocycles. The molecule has 0 amide bonds. The molecule has 3 nitrogen and oxygen atoms in total. The number of aromatic nitrogens is 3. The van der Waals surface area contributed by atoms with Gasteiger partial charge >= 0.3 is 0 Å². The maximum atomic E-state index is 4.32. The molecule has 0 radical (unpaired) electrons. The maximum Gasteiger partial charge on any atom is 0.163 e. The summed E-state index contributed by atoms with van der Waals surface area (Å²) < 4.78 is 2.14. The van der Waals surface area contributed by atoms with Crippen LogP contribution >= 0.6 is 11.8 Å². The number of hydrogen-bond donors (Lipinski definition) is 0. The maximum absolute atomic E-state index is 4.32. The first-order chi connectivity index (χ1) is 7.84. The Morgan fingerprint density at radius 2 is 2.44 bits per heavy atom. The van der Waals surface area contributed by atoms with Crippen LogP contribution in [0.2, 0.25) is 0 Å². The van der Waals surface area contributed by atoms with E-state index in [1.807, 2.05) is 0 Å². The van der Waals surface area contributed by atoms with Crippen molar-refractivity contribution in [2.75, 3.05) is 11.5 Å². The number of nitrogens with zero attached hydrogens (tertiary/aromatic N) is 3. The quantitative estimate of drug-likeness (QED) is 0.797. The Bertz CT molecular complexity index is 500. The third kappa shape index (κ3) is 1.71. The van der Waals surface area contributed by atoms with E-state index in [1.54, 1.807) is 0 Å². The van der Waals surface area contributed by atoms with E-state index in [0.717, 1.165) is 23.8 Å². The Labute approximate surface area is 99.3 Å². The Balaban J connectivity index is 1.94. The fraction of sp³-hybridized carbons (Fsp3) is 0.500. The normalized spacial score (nSPS) is 20.7. The molecule has 16 heavy (non-hydrogen) atoms. The van der Waals surface area contributed by atoms with Gasteiger partial charge in [0.2, 0.25) is 0 Å². The molecule has 1 unspecified atom stereocenters. The zero-order valence-electron chi connectivity index (χ0n) is 9.39. The van der Waals surface area contributed by atoms with Gasteiger partial charge in [0.1, 0.15) is 5.82 Å². The van der Waals surface area contributed by atoms with Crippen LogP contribution in [-0.2, 0) is 6.42 Å². The molecule has 0 N–H and O–H groups in total. The molecule has 1 fully saturated rings. The molecule has 0 saturated carbocycles. The minimum absolute atomic E-state index is 0.790. The van der Waals surface area contributed by atoms with Crippen molar-refractivity contribution < 1.29 is 0 Å². The number of aryl methyl sites for hydroxylation is 1. The van der Waals surface area contributed by atoms with E-state index < -0.39 is 0 Å². The highest BCUT2D eigenvalue weighted by Crippen LogP contribution is 2.26. The first kappa shape index (κ1) is 10.1. The lowest BCUT2D eigenvalue weighted by atomic mass is 10.1. The molecule has 2 aromatic rings. The molecule has 3 rings (SSSR count). The average Bonchev–Trinajstić information content (AvgIpc) is 2.90. The van der Waals surface area contributed by atoms with Crippen LogP contribution in [0.3, 0.4) is 0 Å². The van der Waals surface area contributed by atoms with Crippen molar-refractivity contribution in [1.29, 1.82) is 0 Å². The lowest BCUT2D eigenvalue weighted by Crippen LogP contribution is -2.06. The smallest absolute Gasteiger partial charge is 0.163 e. The van der Waals surface area contributed by atoms with Crippen molar-refractivity contribution in [3.05, 3.63) is 29.7 Å². The molecular weight excluding hydrogens is 218 g/mol. The van der Waals surface area contributed by atoms with E-state index in [-0.39, 0.29) is 0 Å². The molecule has 0 spiro atoms. The predicted octanol–water partition coefficient (Wildman–Crippen LogP) is 2.33. The summed E-state index contributed by atoms with van der Waals surface area (Å²) in [6, 6.07) is 4.15. The SMILES string of the molecule is Cc1cccn2c(CC3CCSC3)nnc12. The van der Waals surface area contributed by atoms with Gasteiger partial charge in [-0.3, -0.25) is 4.40 Å². The summed E-state index contributed by atoms with van der Waals surface area (Å²) in [7, 11) is 0. The predicted molar refractivity (Wildman–Crippen MR) is 66.9 cm³/mol. The van der Waals surface area contributed by atoms with Crippen LogP contribution < -0.4 is 0 Å². The summed E-state index contributed by atoms with van der Waals surface area (Å²) in [6.07, 6.45) is 4.46. The molecule has 2 aromatic heterocycles. The Morgan fingerprint density at radius 3 is 3.25 bits per heavy atom. The summed E-state index contributed by atoms with van der Waals surface area (Å²) in [5.41, 5.74) is 2.20. The largest absolute Gasteiger partial charge is 0.286 e. The molecule has 1 saturated heterocycles. The number of rotatable bonds is 2. The zero-order valence-corrected chi connectivity index (χ0v) is 10.2. The Kier molecular flexibility index (Phi) is 2.59. The number of hydrogen-bond acceptors (Lipinski definition) is 3. The van der Waals surface area contributed by atoms with E-state index in [9.17, 15) is 0 Å². The van der Waals surface area contributed by atoms with Crippen molar-refractivity contribution in [2.45, 2.75) is 19.8 Å². The van der Waals surface area contributed by atoms with Gasteiger partial charge in [-0.1, -0.05) is 6.07 Å². The third-order valence-electron chi connectivity index (χ3n) is 3.20. The van der Waals surface area contributed by atoms with Gasteiger partial charge in [0.25, 0.3) is 0 Å². The van der Waals surface area contributed by atoms with Gasteiger partial charge in [-0.2, -0.15) is 11.8 Å². The van der Waals surface area contributed by atoms with Crippen molar-refractivity contribution in [3.63, 3.8) is 0 Å². The first-order valence-corrected chi connectivity index (χ1v) is 6.87. The Morgan fingerprint density at radius 1 is 1.50 bits per heavy atom. The van der Waals surface area contributed by atoms with Gasteiger partial charge in [0, 0.05) is 12.6 Å². The minimum atomic E-state index is 0.790. The zero-order chi connectivity index (χ0) is 11.0. The van der Waals surface area contributed by atoms with Crippen LogP contribution in [0.25, 0.3) is 5.65 Å². The topological polar surface area (TPSA) is 30.2 Å². The van der Waals surface area contributed by atoms with Crippen LogP contribution in [0.4, 0.5) is 0 Å². The van der Waals surface area contributed by atoms with Crippen LogP contribution in [0.5, 0.6) is 0 Å². The van der Waals surface area contributed by atoms with E-state index in [2.05, 4.69) is 51.6 Å². The van der Waals surface area contributed by atoms with E-state index in [1.165, 1.54) is 23.5 Å². The average molecular weight is 233 g/mol. The summed E-state index contributed by atoms with van der Waals surface area (Å²) >= 11 is 2.06. The minimum Gasteiger partial charge on any atom is -0.286 e. The fourth-order valence-electron chi connectivity index (χ4n) is 2.24. The van der Waals surface area contributed by atoms with Crippen LogP contribution in [-0.4, -0.2) is 26.1 Å². The van der Waals surface area contributed by atoms with Crippen molar-refractivity contribution in [2.24, 2.45) is 5.92 Å². The summed E-state index contributed by atoms with van der Waals surface area (Å²) in [6.45, 7) is 2.08. The van der Waals surface area contributed by atoms with Crippen molar-refractivity contribution >= 4 is 17.4 Å². The molecule has 84 valence electrons. The van der Waals surface area contributed by atoms with Gasteiger partial charge in [0.05, 0.1) is 0 Å². The number of fused-ring (bicyclic) bond motifs is 1. The summed E-state index contributed by atoms with van der Waals surface area (Å²) in [5, 5.41) is 8.59. The summed E-state index contributed by atoms with van der Waals surface area (Å²) in [4.78, 5) is 0. The third-order valence-corrected chi connectivity index (χ3v) is 4.43. The van der Waals surface area contributed by atoms with Crippen molar-refractivity contribution in [1.82, 2.24) is 14.6 Å². The second-order valence-electron chi connectivity index (χ2n) is 4.43. The van der Waals surface area contributed by atoms with E-state index in [4.69, 9.17) is 0 Å². The molecule has 1 atom stereocenters. The molecule has 1 aliphatic rings. The molecule has 3 heterocycles. The first-order valence-electron chi connectivity index (χ1n) is 5.71. The molecule has 4 heteroatoms. The van der Waals surface area contributed by atoms with E-state index in [0.29, 0.717) is 0 Å². The van der Waals surface area contributed by atoms with Gasteiger partial charge in [-0.05, 0) is 42.4 Å². The van der Waals surface area contributed by atoms with Crippen molar-refractivity contribution in [3.8, 4) is 0 Å². The highest BCUT2D eigenvalue weighted by Gasteiger charge is 2.18. The van der Waals surface area contributed by atoms with Gasteiger partial charge in [-0.25, -0.2) is 0 Å². The fourth-order valence-corrected chi connectivity index (χ4v) is 3.52. The Hall–Kier alpha value is -1.03. The van der Waals surface area contributed by atoms with Crippen LogP contribution in [0.15, 0.2) is 18.3 Å². The summed E-state index contributed by atoms with van der Waals surface area (Å²) in [5.74, 6) is 4.49. The highest BCUT2D eigenvalue weighted by molar-refractivity contribution is 7.99. The number of pyridine rings is 1. The monoisotopic (exact) mass is 233 g/mol. The van der Waals surface area contributed by atoms with E-state index >= 15 is 0 Å². The number of thioether (sulfide) groups is 1. The lowest BCUT2D eigenvalue weighted by Gasteiger charge is -2.06.